The maximum atomic E-state index is 13.2. The number of carbonyl (C=O) groups excluding carboxylic acids is 1. The van der Waals surface area contributed by atoms with Gasteiger partial charge in [-0.1, -0.05) is 0 Å². The van der Waals surface area contributed by atoms with Crippen LogP contribution in [0.3, 0.4) is 0 Å². The van der Waals surface area contributed by atoms with Gasteiger partial charge in [-0.05, 0) is 69.8 Å². The van der Waals surface area contributed by atoms with Crippen LogP contribution in [0, 0.1) is 5.92 Å². The Kier molecular flexibility index (Phi) is 8.63. The van der Waals surface area contributed by atoms with E-state index in [1.54, 1.807) is 14.2 Å². The number of hydrogen-bond acceptors (Lipinski definition) is 7. The summed E-state index contributed by atoms with van der Waals surface area (Å²) in [5.74, 6) is 0.795. The van der Waals surface area contributed by atoms with Gasteiger partial charge in [-0.25, -0.2) is 8.42 Å². The Balaban J connectivity index is 1.20. The highest BCUT2D eigenvalue weighted by Crippen LogP contribution is 2.36. The predicted octanol–water partition coefficient (Wildman–Crippen LogP) is 1.53. The summed E-state index contributed by atoms with van der Waals surface area (Å²) in [6.07, 6.45) is 5.02. The predicted molar refractivity (Wildman–Crippen MR) is 140 cm³/mol. The molecule has 0 spiro atoms. The third-order valence-electron chi connectivity index (χ3n) is 8.55. The van der Waals surface area contributed by atoms with Gasteiger partial charge in [0.2, 0.25) is 15.9 Å². The molecule has 36 heavy (non-hydrogen) atoms. The maximum Gasteiger partial charge on any atom is 0.248 e. The molecule has 2 bridgehead atoms. The van der Waals surface area contributed by atoms with Gasteiger partial charge in [0.05, 0.1) is 17.1 Å². The largest absolute Gasteiger partial charge is 0.374 e. The molecule has 4 aliphatic heterocycles. The number of ether oxygens (including phenoxy) is 2. The fourth-order valence-corrected chi connectivity index (χ4v) is 8.05. The molecule has 9 nitrogen and oxygen atoms in total. The quantitative estimate of drug-likeness (QED) is 0.423. The summed E-state index contributed by atoms with van der Waals surface area (Å²) in [5, 5.41) is 0. The van der Waals surface area contributed by atoms with E-state index in [0.717, 1.165) is 37.7 Å². The summed E-state index contributed by atoms with van der Waals surface area (Å²) < 4.78 is 39.0. The fraction of sp³-hybridized carbons (Fsp3) is 0.808. The molecule has 1 unspecified atom stereocenters. The van der Waals surface area contributed by atoms with Crippen molar-refractivity contribution in [1.29, 1.82) is 0 Å². The van der Waals surface area contributed by atoms with E-state index in [9.17, 15) is 13.2 Å². The van der Waals surface area contributed by atoms with E-state index in [1.807, 2.05) is 31.7 Å². The molecule has 0 N–H and O–H groups in total. The van der Waals surface area contributed by atoms with Crippen molar-refractivity contribution in [2.24, 2.45) is 5.92 Å². The molecule has 0 saturated carbocycles. The van der Waals surface area contributed by atoms with Gasteiger partial charge in [-0.15, -0.1) is 0 Å². The summed E-state index contributed by atoms with van der Waals surface area (Å²) in [6.45, 7) is 12.9. The first-order valence-electron chi connectivity index (χ1n) is 13.3. The van der Waals surface area contributed by atoms with E-state index in [-0.39, 0.29) is 25.7 Å². The number of hydrogen-bond donors (Lipinski definition) is 0. The lowest BCUT2D eigenvalue weighted by molar-refractivity contribution is -0.139. The molecular weight excluding hydrogens is 480 g/mol. The highest BCUT2D eigenvalue weighted by molar-refractivity contribution is 7.93. The van der Waals surface area contributed by atoms with Gasteiger partial charge < -0.3 is 19.3 Å². The minimum Gasteiger partial charge on any atom is -0.374 e. The highest BCUT2D eigenvalue weighted by atomic mass is 32.2. The summed E-state index contributed by atoms with van der Waals surface area (Å²) in [4.78, 5) is 20.1. The van der Waals surface area contributed by atoms with Gasteiger partial charge in [0.1, 0.15) is 6.61 Å². The van der Waals surface area contributed by atoms with Gasteiger partial charge >= 0.3 is 0 Å². The van der Waals surface area contributed by atoms with Crippen molar-refractivity contribution >= 4 is 15.9 Å². The molecule has 1 amide bonds. The molecule has 0 aromatic rings. The Hall–Kier alpha value is -1.30. The average molecular weight is 525 g/mol. The van der Waals surface area contributed by atoms with E-state index in [4.69, 9.17) is 9.47 Å². The van der Waals surface area contributed by atoms with E-state index >= 15 is 0 Å². The molecule has 0 aromatic heterocycles. The smallest absolute Gasteiger partial charge is 0.248 e. The van der Waals surface area contributed by atoms with E-state index < -0.39 is 15.6 Å². The maximum absolute atomic E-state index is 13.2. The van der Waals surface area contributed by atoms with Gasteiger partial charge in [-0.2, -0.15) is 4.31 Å². The number of nitrogens with zero attached hydrogens (tertiary/aromatic N) is 4. The van der Waals surface area contributed by atoms with Crippen LogP contribution >= 0.6 is 0 Å². The molecule has 4 heterocycles. The number of rotatable bonds is 9. The molecule has 0 radical (unpaired) electrons. The van der Waals surface area contributed by atoms with Crippen LogP contribution in [0.15, 0.2) is 22.1 Å². The van der Waals surface area contributed by atoms with Crippen molar-refractivity contribution in [3.63, 3.8) is 0 Å². The number of fused-ring (bicyclic) bond motifs is 3. The zero-order valence-corrected chi connectivity index (χ0v) is 23.5. The van der Waals surface area contributed by atoms with Gasteiger partial charge in [-0.3, -0.25) is 9.69 Å². The van der Waals surface area contributed by atoms with Crippen LogP contribution in [0.1, 0.15) is 40.0 Å². The Morgan fingerprint density at radius 3 is 2.36 bits per heavy atom. The van der Waals surface area contributed by atoms with Crippen LogP contribution < -0.4 is 0 Å². The van der Waals surface area contributed by atoms with Crippen molar-refractivity contribution in [2.75, 3.05) is 79.7 Å². The molecule has 0 aromatic carbocycles. The van der Waals surface area contributed by atoms with Crippen LogP contribution in [0.25, 0.3) is 0 Å². The van der Waals surface area contributed by atoms with Crippen molar-refractivity contribution in [3.05, 3.63) is 22.1 Å². The molecule has 5 rings (SSSR count). The fourth-order valence-electron chi connectivity index (χ4n) is 6.44. The molecule has 1 aliphatic carbocycles. The van der Waals surface area contributed by atoms with Crippen molar-refractivity contribution in [2.45, 2.75) is 51.7 Å². The van der Waals surface area contributed by atoms with E-state index in [0.29, 0.717) is 22.9 Å². The number of piperidine rings is 3. The van der Waals surface area contributed by atoms with Gasteiger partial charge in [0, 0.05) is 65.9 Å². The molecule has 2 atom stereocenters. The third kappa shape index (κ3) is 5.89. The lowest BCUT2D eigenvalue weighted by Crippen LogP contribution is -2.61. The standard InChI is InChI=1S/C26H44N4O5S/c1-20-16-26(3,34-5)17-21(2)25(20)36(32,33)27(4)14-15-35-19-24(31)30-12-10-29(11-13-30)23-18-28-8-6-22(23)7-9-28/h16,22-23H,6-15,17-19H2,1-5H3/t23-,26?/m0/s1. The first-order chi connectivity index (χ1) is 17.0. The summed E-state index contributed by atoms with van der Waals surface area (Å²) in [5.41, 5.74) is 0.998. The van der Waals surface area contributed by atoms with Crippen LogP contribution in [0.5, 0.6) is 0 Å². The second kappa shape index (κ2) is 11.2. The number of piperazine rings is 1. The van der Waals surface area contributed by atoms with Crippen LogP contribution in [0.4, 0.5) is 0 Å². The van der Waals surface area contributed by atoms with Crippen molar-refractivity contribution < 1.29 is 22.7 Å². The van der Waals surface area contributed by atoms with Crippen molar-refractivity contribution in [3.8, 4) is 0 Å². The zero-order valence-electron chi connectivity index (χ0n) is 22.7. The zero-order chi connectivity index (χ0) is 26.1. The van der Waals surface area contributed by atoms with Crippen LogP contribution in [0.2, 0.25) is 0 Å². The highest BCUT2D eigenvalue weighted by Gasteiger charge is 2.39. The van der Waals surface area contributed by atoms with Gasteiger partial charge in [0.25, 0.3) is 0 Å². The first-order valence-corrected chi connectivity index (χ1v) is 14.7. The number of sulfonamides is 1. The Morgan fingerprint density at radius 2 is 1.81 bits per heavy atom. The number of allylic oxidation sites excluding steroid dienone is 1. The lowest BCUT2D eigenvalue weighted by Gasteiger charge is -2.51. The first kappa shape index (κ1) is 27.7. The number of amides is 1. The third-order valence-corrected chi connectivity index (χ3v) is 10.7. The topological polar surface area (TPSA) is 82.6 Å². The number of likely N-dealkylation sites (N-methyl/N-ethyl adjacent to an activating group) is 1. The van der Waals surface area contributed by atoms with Crippen LogP contribution in [-0.2, 0) is 24.3 Å². The number of methoxy groups -OCH3 is 1. The van der Waals surface area contributed by atoms with Gasteiger partial charge in [0.15, 0.2) is 0 Å². The molecule has 5 aliphatic rings. The van der Waals surface area contributed by atoms with Crippen LogP contribution in [-0.4, -0.2) is 125 Å². The lowest BCUT2D eigenvalue weighted by atomic mass is 9.83. The Labute approximate surface area is 217 Å². The Bertz CT molecular complexity index is 980. The normalized spacial score (nSPS) is 31.8. The van der Waals surface area contributed by atoms with E-state index in [2.05, 4.69) is 9.80 Å². The summed E-state index contributed by atoms with van der Waals surface area (Å²) in [6, 6.07) is 0.642. The monoisotopic (exact) mass is 524 g/mol. The molecule has 4 saturated heterocycles. The molecule has 204 valence electrons. The minimum absolute atomic E-state index is 0.0133. The molecule has 4 fully saturated rings. The molecule has 10 heteroatoms. The minimum atomic E-state index is -3.66. The van der Waals surface area contributed by atoms with E-state index in [1.165, 1.54) is 36.8 Å². The summed E-state index contributed by atoms with van der Waals surface area (Å²) >= 11 is 0. The SMILES string of the molecule is COC1(C)C=C(C)C(S(=O)(=O)N(C)CCOCC(=O)N2CCN([C@H]3CN4CCC3CC4)CC2)=C(C)C1. The average Bonchev–Trinajstić information content (AvgIpc) is 2.86. The number of carbonyl (C=O) groups is 1. The second-order valence-electron chi connectivity index (χ2n) is 11.1. The summed E-state index contributed by atoms with van der Waals surface area (Å²) in [7, 11) is -0.456. The molecular formula is C26H44N4O5S. The van der Waals surface area contributed by atoms with Crippen molar-refractivity contribution in [1.82, 2.24) is 19.0 Å². The Morgan fingerprint density at radius 1 is 1.14 bits per heavy atom. The second-order valence-corrected chi connectivity index (χ2v) is 13.1.